The Morgan fingerprint density at radius 2 is 2.22 bits per heavy atom. The fourth-order valence-electron chi connectivity index (χ4n) is 3.26. The van der Waals surface area contributed by atoms with E-state index in [1.807, 2.05) is 0 Å². The quantitative estimate of drug-likeness (QED) is 0.906. The maximum atomic E-state index is 9.77. The summed E-state index contributed by atoms with van der Waals surface area (Å²) in [6, 6.07) is 4.35. The zero-order valence-electron chi connectivity index (χ0n) is 10.5. The van der Waals surface area contributed by atoms with Gasteiger partial charge in [0.1, 0.15) is 5.75 Å². The molecule has 2 atom stereocenters. The lowest BCUT2D eigenvalue weighted by Crippen LogP contribution is -2.21. The van der Waals surface area contributed by atoms with Crippen LogP contribution in [0.4, 0.5) is 0 Å². The van der Waals surface area contributed by atoms with Crippen LogP contribution in [-0.4, -0.2) is 17.8 Å². The minimum atomic E-state index is -0.0927. The van der Waals surface area contributed by atoms with Gasteiger partial charge in [-0.25, -0.2) is 0 Å². The summed E-state index contributed by atoms with van der Waals surface area (Å²) in [5.41, 5.74) is 2.65. The molecular formula is C15H19BrO2. The van der Waals surface area contributed by atoms with E-state index in [0.29, 0.717) is 5.92 Å². The van der Waals surface area contributed by atoms with Crippen LogP contribution in [0.5, 0.6) is 5.75 Å². The van der Waals surface area contributed by atoms with Gasteiger partial charge in [0.05, 0.1) is 12.7 Å². The molecule has 0 amide bonds. The Balaban J connectivity index is 1.80. The number of hydrogen-bond acceptors (Lipinski definition) is 2. The molecule has 2 aliphatic rings. The van der Waals surface area contributed by atoms with E-state index in [9.17, 15) is 5.11 Å². The fraction of sp³-hybridized carbons (Fsp3) is 0.600. The van der Waals surface area contributed by atoms with E-state index in [1.54, 1.807) is 0 Å². The molecule has 1 heterocycles. The molecule has 1 aliphatic carbocycles. The van der Waals surface area contributed by atoms with Crippen LogP contribution in [0, 0.1) is 5.92 Å². The van der Waals surface area contributed by atoms with Gasteiger partial charge in [0, 0.05) is 10.9 Å². The zero-order chi connectivity index (χ0) is 12.5. The topological polar surface area (TPSA) is 29.5 Å². The van der Waals surface area contributed by atoms with Crippen LogP contribution in [-0.2, 0) is 12.8 Å². The minimum Gasteiger partial charge on any atom is -0.493 e. The molecule has 1 saturated carbocycles. The highest BCUT2D eigenvalue weighted by atomic mass is 79.9. The molecule has 0 radical (unpaired) electrons. The van der Waals surface area contributed by atoms with E-state index in [1.165, 1.54) is 17.5 Å². The summed E-state index contributed by atoms with van der Waals surface area (Å²) in [6.07, 6.45) is 6.28. The van der Waals surface area contributed by atoms with Gasteiger partial charge in [-0.1, -0.05) is 22.4 Å². The second kappa shape index (κ2) is 5.22. The Bertz CT molecular complexity index is 444. The van der Waals surface area contributed by atoms with Crippen molar-refractivity contribution in [1.29, 1.82) is 0 Å². The molecule has 1 aromatic carbocycles. The molecule has 0 bridgehead atoms. The number of fused-ring (bicyclic) bond motifs is 1. The first-order valence-corrected chi connectivity index (χ1v) is 7.64. The number of halogens is 1. The second-order valence-electron chi connectivity index (χ2n) is 5.54. The third kappa shape index (κ3) is 2.57. The minimum absolute atomic E-state index is 0.0927. The summed E-state index contributed by atoms with van der Waals surface area (Å²) in [6.45, 7) is 0.812. The zero-order valence-corrected chi connectivity index (χ0v) is 12.1. The van der Waals surface area contributed by atoms with Gasteiger partial charge in [-0.2, -0.15) is 0 Å². The van der Waals surface area contributed by atoms with Crippen LogP contribution >= 0.6 is 15.9 Å². The van der Waals surface area contributed by atoms with Gasteiger partial charge in [0.15, 0.2) is 0 Å². The van der Waals surface area contributed by atoms with E-state index in [2.05, 4.69) is 28.1 Å². The van der Waals surface area contributed by atoms with Crippen LogP contribution in [0.25, 0.3) is 0 Å². The Morgan fingerprint density at radius 1 is 1.33 bits per heavy atom. The third-order valence-electron chi connectivity index (χ3n) is 4.09. The van der Waals surface area contributed by atoms with E-state index in [-0.39, 0.29) is 6.10 Å². The molecule has 1 aliphatic heterocycles. The Hall–Kier alpha value is -0.540. The molecule has 18 heavy (non-hydrogen) atoms. The second-order valence-corrected chi connectivity index (χ2v) is 6.46. The summed E-state index contributed by atoms with van der Waals surface area (Å²) >= 11 is 3.59. The summed E-state index contributed by atoms with van der Waals surface area (Å²) in [5, 5.41) is 9.77. The number of benzene rings is 1. The highest BCUT2D eigenvalue weighted by Crippen LogP contribution is 2.36. The van der Waals surface area contributed by atoms with E-state index in [4.69, 9.17) is 4.74 Å². The average Bonchev–Trinajstić information content (AvgIpc) is 2.77. The highest BCUT2D eigenvalue weighted by molar-refractivity contribution is 9.10. The maximum Gasteiger partial charge on any atom is 0.125 e. The number of aliphatic hydroxyl groups is 1. The van der Waals surface area contributed by atoms with Gasteiger partial charge < -0.3 is 9.84 Å². The molecule has 0 aromatic heterocycles. The monoisotopic (exact) mass is 310 g/mol. The van der Waals surface area contributed by atoms with Gasteiger partial charge in [-0.15, -0.1) is 0 Å². The Morgan fingerprint density at radius 3 is 3.06 bits per heavy atom. The summed E-state index contributed by atoms with van der Waals surface area (Å²) in [7, 11) is 0. The fourth-order valence-corrected chi connectivity index (χ4v) is 3.81. The van der Waals surface area contributed by atoms with E-state index < -0.39 is 0 Å². The molecule has 0 spiro atoms. The Kier molecular flexibility index (Phi) is 3.62. The molecule has 3 rings (SSSR count). The lowest BCUT2D eigenvalue weighted by atomic mass is 9.83. The van der Waals surface area contributed by atoms with Crippen molar-refractivity contribution in [2.45, 2.75) is 44.6 Å². The van der Waals surface area contributed by atoms with Crippen LogP contribution in [0.3, 0.4) is 0 Å². The molecular weight excluding hydrogens is 292 g/mol. The van der Waals surface area contributed by atoms with Gasteiger partial charge >= 0.3 is 0 Å². The van der Waals surface area contributed by atoms with Gasteiger partial charge in [0.25, 0.3) is 0 Å². The van der Waals surface area contributed by atoms with Crippen LogP contribution in [0.1, 0.15) is 36.8 Å². The molecule has 1 N–H and O–H groups in total. The standard InChI is InChI=1S/C15H19BrO2/c16-13-8-11-4-5-18-15(11)12(9-13)6-10-2-1-3-14(17)7-10/h8-10,14,17H,1-7H2. The number of rotatable bonds is 2. The predicted octanol–water partition coefficient (Wildman–Crippen LogP) is 3.48. The third-order valence-corrected chi connectivity index (χ3v) is 4.55. The smallest absolute Gasteiger partial charge is 0.125 e. The normalized spacial score (nSPS) is 26.8. The van der Waals surface area contributed by atoms with E-state index in [0.717, 1.165) is 48.9 Å². The highest BCUT2D eigenvalue weighted by Gasteiger charge is 2.24. The summed E-state index contributed by atoms with van der Waals surface area (Å²) in [4.78, 5) is 0. The Labute approximate surface area is 116 Å². The van der Waals surface area contributed by atoms with Crippen molar-refractivity contribution in [1.82, 2.24) is 0 Å². The SMILES string of the molecule is OC1CCCC(Cc2cc(Br)cc3c2OCC3)C1. The molecule has 3 heteroatoms. The lowest BCUT2D eigenvalue weighted by Gasteiger charge is -2.26. The molecule has 2 unspecified atom stereocenters. The van der Waals surface area contributed by atoms with Gasteiger partial charge in [0.2, 0.25) is 0 Å². The maximum absolute atomic E-state index is 9.77. The molecule has 1 fully saturated rings. The first kappa shape index (κ1) is 12.5. The van der Waals surface area contributed by atoms with Gasteiger partial charge in [-0.3, -0.25) is 0 Å². The van der Waals surface area contributed by atoms with Crippen molar-refractivity contribution in [3.8, 4) is 5.75 Å². The van der Waals surface area contributed by atoms with Crippen LogP contribution < -0.4 is 4.74 Å². The summed E-state index contributed by atoms with van der Waals surface area (Å²) < 4.78 is 6.92. The van der Waals surface area contributed by atoms with Crippen molar-refractivity contribution < 1.29 is 9.84 Å². The lowest BCUT2D eigenvalue weighted by molar-refractivity contribution is 0.101. The van der Waals surface area contributed by atoms with Gasteiger partial charge in [-0.05, 0) is 54.9 Å². The molecule has 0 saturated heterocycles. The first-order chi connectivity index (χ1) is 8.72. The number of ether oxygens (including phenoxy) is 1. The number of hydrogen-bond donors (Lipinski definition) is 1. The van der Waals surface area contributed by atoms with Crippen molar-refractivity contribution in [3.05, 3.63) is 27.7 Å². The van der Waals surface area contributed by atoms with Crippen LogP contribution in [0.2, 0.25) is 0 Å². The number of aliphatic hydroxyl groups excluding tert-OH is 1. The predicted molar refractivity (Wildman–Crippen MR) is 75.0 cm³/mol. The van der Waals surface area contributed by atoms with Crippen molar-refractivity contribution in [2.24, 2.45) is 5.92 Å². The van der Waals surface area contributed by atoms with Crippen molar-refractivity contribution in [3.63, 3.8) is 0 Å². The molecule has 2 nitrogen and oxygen atoms in total. The summed E-state index contributed by atoms with van der Waals surface area (Å²) in [5.74, 6) is 1.72. The van der Waals surface area contributed by atoms with Crippen LogP contribution in [0.15, 0.2) is 16.6 Å². The molecule has 1 aromatic rings. The largest absolute Gasteiger partial charge is 0.493 e. The first-order valence-electron chi connectivity index (χ1n) is 6.84. The van der Waals surface area contributed by atoms with Crippen molar-refractivity contribution in [2.75, 3.05) is 6.61 Å². The van der Waals surface area contributed by atoms with E-state index >= 15 is 0 Å². The van der Waals surface area contributed by atoms with Crippen molar-refractivity contribution >= 4 is 15.9 Å². The molecule has 98 valence electrons. The average molecular weight is 311 g/mol.